The minimum absolute atomic E-state index is 0.0337. The number of nitrogens with zero attached hydrogens (tertiary/aromatic N) is 3. The molecule has 0 aliphatic rings. The van der Waals surface area contributed by atoms with Crippen LogP contribution in [0.4, 0.5) is 5.69 Å². The molecular weight excluding hydrogens is 298 g/mol. The van der Waals surface area contributed by atoms with E-state index in [2.05, 4.69) is 4.98 Å². The lowest BCUT2D eigenvalue weighted by atomic mass is 10.1. The van der Waals surface area contributed by atoms with Gasteiger partial charge in [-0.25, -0.2) is 0 Å². The summed E-state index contributed by atoms with van der Waals surface area (Å²) >= 11 is 0. The normalized spacial score (nSPS) is 10.2. The number of fused-ring (bicyclic) bond motifs is 1. The van der Waals surface area contributed by atoms with Crippen molar-refractivity contribution < 1.29 is 14.8 Å². The number of phenolic OH excluding ortho intramolecular Hbond substituents is 1. The number of benzene rings is 2. The van der Waals surface area contributed by atoms with Crippen LogP contribution in [0.1, 0.15) is 5.56 Å². The third-order valence-electron chi connectivity index (χ3n) is 3.21. The summed E-state index contributed by atoms with van der Waals surface area (Å²) < 4.78 is 5.71. The molecule has 3 aromatic rings. The Balaban J connectivity index is 2.03. The Labute approximate surface area is 130 Å². The Hall–Kier alpha value is -3.66. The minimum Gasteiger partial charge on any atom is -0.506 e. The van der Waals surface area contributed by atoms with E-state index in [-0.39, 0.29) is 17.0 Å². The van der Waals surface area contributed by atoms with Gasteiger partial charge in [0.05, 0.1) is 16.0 Å². The standard InChI is InChI=1S/C16H9N3O4/c17-9-10-7-13-14(8-15(10)20)18-6-5-16(13)23-12-3-1-11(2-4-12)19(21)22/h1-8,20H. The predicted octanol–water partition coefficient (Wildman–Crippen LogP) is 3.51. The number of ether oxygens (including phenoxy) is 1. The molecule has 2 aromatic carbocycles. The highest BCUT2D eigenvalue weighted by Gasteiger charge is 2.10. The van der Waals surface area contributed by atoms with Gasteiger partial charge in [-0.2, -0.15) is 5.26 Å². The molecule has 0 unspecified atom stereocenters. The number of non-ortho nitro benzene ring substituents is 1. The average Bonchev–Trinajstić information content (AvgIpc) is 2.55. The Morgan fingerprint density at radius 1 is 1.22 bits per heavy atom. The summed E-state index contributed by atoms with van der Waals surface area (Å²) in [5, 5.41) is 29.9. The van der Waals surface area contributed by atoms with Crippen LogP contribution in [0.5, 0.6) is 17.2 Å². The maximum Gasteiger partial charge on any atom is 0.269 e. The average molecular weight is 307 g/mol. The van der Waals surface area contributed by atoms with Gasteiger partial charge in [-0.05, 0) is 24.3 Å². The predicted molar refractivity (Wildman–Crippen MR) is 81.3 cm³/mol. The molecule has 0 amide bonds. The molecule has 1 N–H and O–H groups in total. The summed E-state index contributed by atoms with van der Waals surface area (Å²) in [6.07, 6.45) is 1.51. The number of pyridine rings is 1. The monoisotopic (exact) mass is 307 g/mol. The molecule has 0 bridgehead atoms. The van der Waals surface area contributed by atoms with Crippen LogP contribution in [0, 0.1) is 21.4 Å². The Morgan fingerprint density at radius 2 is 1.96 bits per heavy atom. The Kier molecular flexibility index (Phi) is 3.49. The third-order valence-corrected chi connectivity index (χ3v) is 3.21. The van der Waals surface area contributed by atoms with E-state index in [0.717, 1.165) is 0 Å². The summed E-state index contributed by atoms with van der Waals surface area (Å²) in [6, 6.07) is 12.0. The number of aromatic hydroxyl groups is 1. The molecule has 1 aromatic heterocycles. The molecule has 0 saturated heterocycles. The van der Waals surface area contributed by atoms with Crippen LogP contribution in [0.15, 0.2) is 48.7 Å². The molecule has 1 heterocycles. The first kappa shape index (κ1) is 14.3. The topological polar surface area (TPSA) is 109 Å². The molecule has 3 rings (SSSR count). The summed E-state index contributed by atoms with van der Waals surface area (Å²) in [5.41, 5.74) is 0.550. The fraction of sp³-hybridized carbons (Fsp3) is 0. The van der Waals surface area contributed by atoms with E-state index >= 15 is 0 Å². The van der Waals surface area contributed by atoms with Gasteiger partial charge in [-0.15, -0.1) is 0 Å². The molecule has 0 saturated carbocycles. The summed E-state index contributed by atoms with van der Waals surface area (Å²) in [6.45, 7) is 0. The van der Waals surface area contributed by atoms with Crippen LogP contribution in [0.2, 0.25) is 0 Å². The van der Waals surface area contributed by atoms with E-state index in [0.29, 0.717) is 22.4 Å². The second-order valence-electron chi connectivity index (χ2n) is 4.66. The van der Waals surface area contributed by atoms with Crippen molar-refractivity contribution in [3.63, 3.8) is 0 Å². The van der Waals surface area contributed by atoms with Gasteiger partial charge in [0.15, 0.2) is 0 Å². The van der Waals surface area contributed by atoms with Gasteiger partial charge in [0.2, 0.25) is 0 Å². The lowest BCUT2D eigenvalue weighted by Crippen LogP contribution is -1.90. The Morgan fingerprint density at radius 3 is 2.61 bits per heavy atom. The largest absolute Gasteiger partial charge is 0.506 e. The van der Waals surface area contributed by atoms with Crippen LogP contribution in [0.3, 0.4) is 0 Å². The van der Waals surface area contributed by atoms with E-state index in [1.165, 1.54) is 42.6 Å². The van der Waals surface area contributed by atoms with Crippen molar-refractivity contribution in [1.29, 1.82) is 5.26 Å². The second-order valence-corrected chi connectivity index (χ2v) is 4.66. The third kappa shape index (κ3) is 2.73. The van der Waals surface area contributed by atoms with Crippen molar-refractivity contribution in [3.05, 3.63) is 64.3 Å². The van der Waals surface area contributed by atoms with Gasteiger partial charge < -0.3 is 9.84 Å². The number of phenols is 1. The molecular formula is C16H9N3O4. The summed E-state index contributed by atoms with van der Waals surface area (Å²) in [5.74, 6) is 0.690. The van der Waals surface area contributed by atoms with E-state index in [1.54, 1.807) is 6.07 Å². The number of aromatic nitrogens is 1. The van der Waals surface area contributed by atoms with Crippen LogP contribution in [-0.4, -0.2) is 15.0 Å². The molecule has 7 nitrogen and oxygen atoms in total. The highest BCUT2D eigenvalue weighted by Crippen LogP contribution is 2.32. The first-order chi connectivity index (χ1) is 11.1. The highest BCUT2D eigenvalue weighted by molar-refractivity contribution is 5.88. The quantitative estimate of drug-likeness (QED) is 0.585. The SMILES string of the molecule is N#Cc1cc2c(Oc3ccc([N+](=O)[O-])cc3)ccnc2cc1O. The smallest absolute Gasteiger partial charge is 0.269 e. The molecule has 0 radical (unpaired) electrons. The highest BCUT2D eigenvalue weighted by atomic mass is 16.6. The van der Waals surface area contributed by atoms with E-state index in [1.807, 2.05) is 6.07 Å². The van der Waals surface area contributed by atoms with Crippen molar-refractivity contribution in [2.75, 3.05) is 0 Å². The number of hydrogen-bond acceptors (Lipinski definition) is 6. The first-order valence-electron chi connectivity index (χ1n) is 6.52. The van der Waals surface area contributed by atoms with E-state index in [9.17, 15) is 15.2 Å². The molecule has 112 valence electrons. The zero-order valence-electron chi connectivity index (χ0n) is 11.6. The van der Waals surface area contributed by atoms with Crippen LogP contribution in [-0.2, 0) is 0 Å². The van der Waals surface area contributed by atoms with Crippen molar-refractivity contribution in [2.45, 2.75) is 0 Å². The molecule has 7 heteroatoms. The fourth-order valence-electron chi connectivity index (χ4n) is 2.10. The van der Waals surface area contributed by atoms with Crippen LogP contribution < -0.4 is 4.74 Å². The summed E-state index contributed by atoms with van der Waals surface area (Å²) in [4.78, 5) is 14.3. The molecule has 23 heavy (non-hydrogen) atoms. The van der Waals surface area contributed by atoms with Crippen molar-refractivity contribution in [3.8, 4) is 23.3 Å². The van der Waals surface area contributed by atoms with Crippen LogP contribution >= 0.6 is 0 Å². The number of nitro benzene ring substituents is 1. The second kappa shape index (κ2) is 5.61. The summed E-state index contributed by atoms with van der Waals surface area (Å²) in [7, 11) is 0. The fourth-order valence-corrected chi connectivity index (χ4v) is 2.10. The zero-order chi connectivity index (χ0) is 16.4. The maximum absolute atomic E-state index is 10.6. The molecule has 0 fully saturated rings. The molecule has 0 atom stereocenters. The van der Waals surface area contributed by atoms with Crippen molar-refractivity contribution >= 4 is 16.6 Å². The first-order valence-corrected chi connectivity index (χ1v) is 6.52. The zero-order valence-corrected chi connectivity index (χ0v) is 11.6. The van der Waals surface area contributed by atoms with Crippen molar-refractivity contribution in [1.82, 2.24) is 4.98 Å². The van der Waals surface area contributed by atoms with E-state index < -0.39 is 4.92 Å². The lowest BCUT2D eigenvalue weighted by Gasteiger charge is -2.09. The number of nitriles is 1. The van der Waals surface area contributed by atoms with Crippen molar-refractivity contribution in [2.24, 2.45) is 0 Å². The van der Waals surface area contributed by atoms with Gasteiger partial charge in [0.1, 0.15) is 23.3 Å². The molecule has 0 aliphatic heterocycles. The lowest BCUT2D eigenvalue weighted by molar-refractivity contribution is -0.384. The molecule has 0 spiro atoms. The van der Waals surface area contributed by atoms with E-state index in [4.69, 9.17) is 10.00 Å². The maximum atomic E-state index is 10.6. The Bertz CT molecular complexity index is 946. The van der Waals surface area contributed by atoms with Gasteiger partial charge in [-0.3, -0.25) is 15.1 Å². The minimum atomic E-state index is -0.492. The number of rotatable bonds is 3. The van der Waals surface area contributed by atoms with Gasteiger partial charge in [0.25, 0.3) is 5.69 Å². The molecule has 0 aliphatic carbocycles. The number of hydrogen-bond donors (Lipinski definition) is 1. The van der Waals surface area contributed by atoms with Gasteiger partial charge >= 0.3 is 0 Å². The van der Waals surface area contributed by atoms with Crippen LogP contribution in [0.25, 0.3) is 10.9 Å². The number of nitro groups is 1. The van der Waals surface area contributed by atoms with Gasteiger partial charge in [-0.1, -0.05) is 0 Å². The van der Waals surface area contributed by atoms with Gasteiger partial charge in [0, 0.05) is 29.8 Å².